The van der Waals surface area contributed by atoms with Crippen LogP contribution in [0.15, 0.2) is 31.1 Å². The molecule has 0 spiro atoms. The van der Waals surface area contributed by atoms with Crippen LogP contribution in [-0.2, 0) is 13.0 Å². The van der Waals surface area contributed by atoms with Crippen molar-refractivity contribution in [1.82, 2.24) is 29.1 Å². The summed E-state index contributed by atoms with van der Waals surface area (Å²) in [5, 5.41) is 4.26. The Hall–Kier alpha value is -2.44. The van der Waals surface area contributed by atoms with Crippen molar-refractivity contribution >= 4 is 11.6 Å². The van der Waals surface area contributed by atoms with E-state index in [4.69, 9.17) is 0 Å². The molecule has 3 heterocycles. The summed E-state index contributed by atoms with van der Waals surface area (Å²) < 4.78 is 3.87. The minimum absolute atomic E-state index is 0.658. The molecule has 21 heavy (non-hydrogen) atoms. The highest BCUT2D eigenvalue weighted by atomic mass is 15.4. The fourth-order valence-corrected chi connectivity index (χ4v) is 2.32. The van der Waals surface area contributed by atoms with Gasteiger partial charge in [0.1, 0.15) is 12.1 Å². The maximum absolute atomic E-state index is 4.47. The molecule has 3 rings (SSSR count). The van der Waals surface area contributed by atoms with Crippen molar-refractivity contribution in [1.29, 1.82) is 0 Å². The minimum Gasteiger partial charge on any atom is -0.359 e. The van der Waals surface area contributed by atoms with Gasteiger partial charge in [-0.3, -0.25) is 0 Å². The largest absolute Gasteiger partial charge is 0.359 e. The quantitative estimate of drug-likeness (QED) is 0.685. The van der Waals surface area contributed by atoms with E-state index < -0.39 is 0 Å². The monoisotopic (exact) mass is 285 g/mol. The number of hydrogen-bond acceptors (Lipinski definition) is 5. The van der Waals surface area contributed by atoms with Gasteiger partial charge in [-0.2, -0.15) is 14.6 Å². The standard InChI is InChI=1S/C14H19N7/c1-3-12-9-13(21-14(18-12)16-10-17-21)19(2)6-4-7-20-8-5-15-11-20/h5,8-11H,3-4,6-7H2,1-2H3. The average molecular weight is 285 g/mol. The van der Waals surface area contributed by atoms with E-state index in [0.717, 1.165) is 37.4 Å². The lowest BCUT2D eigenvalue weighted by molar-refractivity contribution is 0.632. The highest BCUT2D eigenvalue weighted by Gasteiger charge is 2.10. The number of imidazole rings is 1. The number of nitrogens with zero attached hydrogens (tertiary/aromatic N) is 7. The third-order valence-electron chi connectivity index (χ3n) is 3.51. The van der Waals surface area contributed by atoms with Crippen LogP contribution in [0.25, 0.3) is 5.78 Å². The van der Waals surface area contributed by atoms with E-state index in [1.165, 1.54) is 0 Å². The maximum Gasteiger partial charge on any atom is 0.254 e. The molecule has 0 aliphatic heterocycles. The van der Waals surface area contributed by atoms with Crippen molar-refractivity contribution in [2.45, 2.75) is 26.3 Å². The lowest BCUT2D eigenvalue weighted by Gasteiger charge is -2.20. The van der Waals surface area contributed by atoms with Crippen LogP contribution in [0.1, 0.15) is 19.0 Å². The fraction of sp³-hybridized carbons (Fsp3) is 0.429. The summed E-state index contributed by atoms with van der Waals surface area (Å²) in [7, 11) is 2.07. The zero-order valence-electron chi connectivity index (χ0n) is 12.3. The van der Waals surface area contributed by atoms with Crippen LogP contribution >= 0.6 is 0 Å². The number of rotatable bonds is 6. The first kappa shape index (κ1) is 13.5. The second kappa shape index (κ2) is 5.90. The van der Waals surface area contributed by atoms with E-state index in [1.807, 2.05) is 12.5 Å². The summed E-state index contributed by atoms with van der Waals surface area (Å²) in [6, 6.07) is 2.08. The molecule has 0 bridgehead atoms. The van der Waals surface area contributed by atoms with Gasteiger partial charge in [0.15, 0.2) is 0 Å². The highest BCUT2D eigenvalue weighted by Crippen LogP contribution is 2.15. The Morgan fingerprint density at radius 3 is 3.00 bits per heavy atom. The average Bonchev–Trinajstić information content (AvgIpc) is 3.16. The number of aryl methyl sites for hydroxylation is 2. The van der Waals surface area contributed by atoms with Gasteiger partial charge in [-0.25, -0.2) is 9.97 Å². The summed E-state index contributed by atoms with van der Waals surface area (Å²) in [6.07, 6.45) is 9.10. The minimum atomic E-state index is 0.658. The van der Waals surface area contributed by atoms with Crippen LogP contribution in [0.5, 0.6) is 0 Å². The maximum atomic E-state index is 4.47. The van der Waals surface area contributed by atoms with Crippen molar-refractivity contribution < 1.29 is 0 Å². The zero-order valence-corrected chi connectivity index (χ0v) is 12.3. The van der Waals surface area contributed by atoms with Crippen LogP contribution in [0.4, 0.5) is 5.82 Å². The summed E-state index contributed by atoms with van der Waals surface area (Å²) in [4.78, 5) is 14.9. The molecule has 0 atom stereocenters. The van der Waals surface area contributed by atoms with Gasteiger partial charge in [0.05, 0.1) is 6.33 Å². The molecule has 0 aliphatic rings. The zero-order chi connectivity index (χ0) is 14.7. The molecule has 0 saturated heterocycles. The molecule has 0 saturated carbocycles. The predicted molar refractivity (Wildman–Crippen MR) is 80.3 cm³/mol. The van der Waals surface area contributed by atoms with Gasteiger partial charge < -0.3 is 9.47 Å². The summed E-state index contributed by atoms with van der Waals surface area (Å²) in [6.45, 7) is 3.98. The van der Waals surface area contributed by atoms with Crippen molar-refractivity contribution in [3.05, 3.63) is 36.8 Å². The Labute approximate surface area is 123 Å². The number of anilines is 1. The van der Waals surface area contributed by atoms with E-state index in [0.29, 0.717) is 5.78 Å². The second-order valence-electron chi connectivity index (χ2n) is 5.01. The first-order valence-electron chi connectivity index (χ1n) is 7.14. The molecule has 0 fully saturated rings. The van der Waals surface area contributed by atoms with Gasteiger partial charge in [-0.05, 0) is 12.8 Å². The molecule has 3 aromatic rings. The summed E-state index contributed by atoms with van der Waals surface area (Å²) in [5.41, 5.74) is 1.03. The predicted octanol–water partition coefficient (Wildman–Crippen LogP) is 1.41. The third-order valence-corrected chi connectivity index (χ3v) is 3.51. The Bertz CT molecular complexity index is 701. The topological polar surface area (TPSA) is 64.1 Å². The van der Waals surface area contributed by atoms with Crippen LogP contribution in [0, 0.1) is 0 Å². The van der Waals surface area contributed by atoms with Crippen molar-refractivity contribution in [3.8, 4) is 0 Å². The molecule has 3 aromatic heterocycles. The third kappa shape index (κ3) is 2.86. The van der Waals surface area contributed by atoms with Crippen molar-refractivity contribution in [2.24, 2.45) is 0 Å². The molecular formula is C14H19N7. The number of fused-ring (bicyclic) bond motifs is 1. The SMILES string of the molecule is CCc1cc(N(C)CCCn2ccnc2)n2ncnc2n1. The lowest BCUT2D eigenvalue weighted by atomic mass is 10.3. The fourth-order valence-electron chi connectivity index (χ4n) is 2.32. The van der Waals surface area contributed by atoms with E-state index in [2.05, 4.69) is 49.6 Å². The van der Waals surface area contributed by atoms with E-state index >= 15 is 0 Å². The number of hydrogen-bond donors (Lipinski definition) is 0. The molecule has 0 aliphatic carbocycles. The molecule has 0 amide bonds. The molecule has 0 radical (unpaired) electrons. The summed E-state index contributed by atoms with van der Waals surface area (Å²) in [5.74, 6) is 1.69. The molecule has 7 nitrogen and oxygen atoms in total. The highest BCUT2D eigenvalue weighted by molar-refractivity contribution is 5.46. The van der Waals surface area contributed by atoms with Gasteiger partial charge in [-0.1, -0.05) is 6.92 Å². The molecular weight excluding hydrogens is 266 g/mol. The van der Waals surface area contributed by atoms with E-state index in [-0.39, 0.29) is 0 Å². The summed E-state index contributed by atoms with van der Waals surface area (Å²) >= 11 is 0. The van der Waals surface area contributed by atoms with E-state index in [9.17, 15) is 0 Å². The Kier molecular flexibility index (Phi) is 3.81. The van der Waals surface area contributed by atoms with Crippen molar-refractivity contribution in [2.75, 3.05) is 18.5 Å². The van der Waals surface area contributed by atoms with Gasteiger partial charge in [0.2, 0.25) is 0 Å². The van der Waals surface area contributed by atoms with Gasteiger partial charge in [0.25, 0.3) is 5.78 Å². The van der Waals surface area contributed by atoms with Crippen LogP contribution in [-0.4, -0.2) is 42.7 Å². The first-order valence-corrected chi connectivity index (χ1v) is 7.14. The van der Waals surface area contributed by atoms with Gasteiger partial charge in [-0.15, -0.1) is 0 Å². The Balaban J connectivity index is 1.74. The molecule has 0 aromatic carbocycles. The van der Waals surface area contributed by atoms with Crippen molar-refractivity contribution in [3.63, 3.8) is 0 Å². The Morgan fingerprint density at radius 1 is 1.33 bits per heavy atom. The lowest BCUT2D eigenvalue weighted by Crippen LogP contribution is -2.23. The molecule has 110 valence electrons. The molecule has 0 unspecified atom stereocenters. The smallest absolute Gasteiger partial charge is 0.254 e. The van der Waals surface area contributed by atoms with Crippen LogP contribution in [0.3, 0.4) is 0 Å². The Morgan fingerprint density at radius 2 is 2.24 bits per heavy atom. The van der Waals surface area contributed by atoms with Crippen LogP contribution < -0.4 is 4.90 Å². The van der Waals surface area contributed by atoms with E-state index in [1.54, 1.807) is 17.0 Å². The van der Waals surface area contributed by atoms with Gasteiger partial charge >= 0.3 is 0 Å². The molecule has 0 N–H and O–H groups in total. The second-order valence-corrected chi connectivity index (χ2v) is 5.01. The normalized spacial score (nSPS) is 11.1. The van der Waals surface area contributed by atoms with Crippen LogP contribution in [0.2, 0.25) is 0 Å². The molecule has 7 heteroatoms. The first-order chi connectivity index (χ1) is 10.3. The van der Waals surface area contributed by atoms with Gasteiger partial charge in [0, 0.05) is 44.3 Å². The number of aromatic nitrogens is 6.